The molecular weight excluding hydrogens is 410 g/mol. The number of ether oxygens (including phenoxy) is 1. The lowest BCUT2D eigenvalue weighted by molar-refractivity contribution is 0.0759. The van der Waals surface area contributed by atoms with Gasteiger partial charge in [0.1, 0.15) is 11.1 Å². The summed E-state index contributed by atoms with van der Waals surface area (Å²) in [5.41, 5.74) is 1.75. The van der Waals surface area contributed by atoms with Gasteiger partial charge in [-0.05, 0) is 41.1 Å². The van der Waals surface area contributed by atoms with Crippen LogP contribution >= 0.6 is 27.7 Å². The molecule has 5 heteroatoms. The van der Waals surface area contributed by atoms with Gasteiger partial charge in [-0.25, -0.2) is 0 Å². The number of methoxy groups -OCH3 is 1. The van der Waals surface area contributed by atoms with E-state index >= 15 is 0 Å². The van der Waals surface area contributed by atoms with E-state index in [4.69, 9.17) is 4.74 Å². The van der Waals surface area contributed by atoms with Crippen LogP contribution in [0.4, 0.5) is 0 Å². The zero-order valence-corrected chi connectivity index (χ0v) is 16.7. The molecule has 1 aliphatic rings. The first kappa shape index (κ1) is 17.4. The molecule has 4 rings (SSSR count). The van der Waals surface area contributed by atoms with E-state index in [0.29, 0.717) is 0 Å². The highest BCUT2D eigenvalue weighted by Gasteiger charge is 2.33. The average Bonchev–Trinajstić information content (AvgIpc) is 3.16. The first-order valence-corrected chi connectivity index (χ1v) is 10.3. The van der Waals surface area contributed by atoms with E-state index in [9.17, 15) is 4.79 Å². The molecule has 26 heavy (non-hydrogen) atoms. The Kier molecular flexibility index (Phi) is 4.92. The Hall–Kier alpha value is -1.98. The number of thioether (sulfide) groups is 1. The molecule has 1 atom stereocenters. The molecule has 1 saturated heterocycles. The summed E-state index contributed by atoms with van der Waals surface area (Å²) in [5, 5.41) is 2.19. The number of nitrogens with zero attached hydrogens (tertiary/aromatic N) is 1. The zero-order valence-electron chi connectivity index (χ0n) is 14.3. The van der Waals surface area contributed by atoms with Gasteiger partial charge in [0.05, 0.1) is 7.11 Å². The Labute approximate surface area is 165 Å². The van der Waals surface area contributed by atoms with Crippen molar-refractivity contribution in [2.75, 3.05) is 19.4 Å². The number of carbonyl (C=O) groups excluding carboxylic acids is 1. The van der Waals surface area contributed by atoms with Crippen molar-refractivity contribution in [2.24, 2.45) is 0 Å². The van der Waals surface area contributed by atoms with Crippen molar-refractivity contribution in [3.05, 3.63) is 76.3 Å². The Morgan fingerprint density at radius 1 is 1.12 bits per heavy atom. The molecule has 1 fully saturated rings. The third-order valence-corrected chi connectivity index (χ3v) is 6.34. The first-order chi connectivity index (χ1) is 12.7. The van der Waals surface area contributed by atoms with Gasteiger partial charge in [-0.1, -0.05) is 46.3 Å². The lowest BCUT2D eigenvalue weighted by atomic mass is 10.1. The highest BCUT2D eigenvalue weighted by Crippen LogP contribution is 2.43. The molecule has 0 radical (unpaired) electrons. The predicted octanol–water partition coefficient (Wildman–Crippen LogP) is 5.50. The molecule has 3 nitrogen and oxygen atoms in total. The van der Waals surface area contributed by atoms with Gasteiger partial charge in [-0.2, -0.15) is 0 Å². The Bertz CT molecular complexity index is 975. The van der Waals surface area contributed by atoms with E-state index in [1.165, 1.54) is 0 Å². The standard InChI is InChI=1S/C21H18BrNO2S/c1-25-19-9-8-17(22)13-18(19)21-23(10-11-26-21)20(24)16-7-6-14-4-2-3-5-15(14)12-16/h2-9,12-13,21H,10-11H2,1H3. The summed E-state index contributed by atoms with van der Waals surface area (Å²) in [6.45, 7) is 0.733. The van der Waals surface area contributed by atoms with Crippen molar-refractivity contribution >= 4 is 44.4 Å². The van der Waals surface area contributed by atoms with Gasteiger partial charge in [0, 0.05) is 27.9 Å². The molecule has 3 aromatic carbocycles. The van der Waals surface area contributed by atoms with E-state index < -0.39 is 0 Å². The van der Waals surface area contributed by atoms with Gasteiger partial charge in [0.2, 0.25) is 0 Å². The highest BCUT2D eigenvalue weighted by atomic mass is 79.9. The number of carbonyl (C=O) groups is 1. The van der Waals surface area contributed by atoms with Gasteiger partial charge in [0.15, 0.2) is 0 Å². The zero-order chi connectivity index (χ0) is 18.1. The largest absolute Gasteiger partial charge is 0.496 e. The summed E-state index contributed by atoms with van der Waals surface area (Å²) in [6.07, 6.45) is 0. The molecule has 3 aromatic rings. The van der Waals surface area contributed by atoms with Crippen molar-refractivity contribution in [1.82, 2.24) is 4.90 Å². The van der Waals surface area contributed by atoms with Gasteiger partial charge >= 0.3 is 0 Å². The van der Waals surface area contributed by atoms with Crippen LogP contribution in [0.25, 0.3) is 10.8 Å². The number of hydrogen-bond acceptors (Lipinski definition) is 3. The van der Waals surface area contributed by atoms with E-state index in [-0.39, 0.29) is 11.3 Å². The fraction of sp³-hybridized carbons (Fsp3) is 0.190. The number of rotatable bonds is 3. The molecule has 1 aliphatic heterocycles. The Morgan fingerprint density at radius 2 is 1.92 bits per heavy atom. The summed E-state index contributed by atoms with van der Waals surface area (Å²) < 4.78 is 6.52. The molecular formula is C21H18BrNO2S. The highest BCUT2D eigenvalue weighted by molar-refractivity contribution is 9.10. The summed E-state index contributed by atoms with van der Waals surface area (Å²) >= 11 is 5.31. The SMILES string of the molecule is COc1ccc(Br)cc1C1SCCN1C(=O)c1ccc2ccccc2c1. The fourth-order valence-electron chi connectivity index (χ4n) is 3.32. The average molecular weight is 428 g/mol. The molecule has 1 heterocycles. The topological polar surface area (TPSA) is 29.5 Å². The number of hydrogen-bond donors (Lipinski definition) is 0. The molecule has 0 N–H and O–H groups in total. The van der Waals surface area contributed by atoms with Gasteiger partial charge in [-0.3, -0.25) is 4.79 Å². The van der Waals surface area contributed by atoms with Crippen LogP contribution in [0.1, 0.15) is 21.3 Å². The van der Waals surface area contributed by atoms with Crippen LogP contribution in [0.2, 0.25) is 0 Å². The second-order valence-electron chi connectivity index (χ2n) is 6.17. The monoisotopic (exact) mass is 427 g/mol. The van der Waals surface area contributed by atoms with Crippen LogP contribution in [0.15, 0.2) is 65.1 Å². The lowest BCUT2D eigenvalue weighted by Crippen LogP contribution is -2.30. The van der Waals surface area contributed by atoms with Gasteiger partial charge in [-0.15, -0.1) is 11.8 Å². The molecule has 0 spiro atoms. The van der Waals surface area contributed by atoms with E-state index in [1.807, 2.05) is 59.5 Å². The molecule has 132 valence electrons. The van der Waals surface area contributed by atoms with Crippen LogP contribution in [0.3, 0.4) is 0 Å². The van der Waals surface area contributed by atoms with Crippen LogP contribution in [-0.4, -0.2) is 30.2 Å². The number of benzene rings is 3. The minimum absolute atomic E-state index is 0.0404. The molecule has 0 aromatic heterocycles. The van der Waals surface area contributed by atoms with Crippen molar-refractivity contribution in [1.29, 1.82) is 0 Å². The minimum Gasteiger partial charge on any atom is -0.496 e. The normalized spacial score (nSPS) is 16.8. The summed E-state index contributed by atoms with van der Waals surface area (Å²) in [5.74, 6) is 1.79. The van der Waals surface area contributed by atoms with Crippen LogP contribution < -0.4 is 4.74 Å². The smallest absolute Gasteiger partial charge is 0.255 e. The summed E-state index contributed by atoms with van der Waals surface area (Å²) in [7, 11) is 1.67. The minimum atomic E-state index is -0.0404. The second kappa shape index (κ2) is 7.33. The van der Waals surface area contributed by atoms with E-state index in [0.717, 1.165) is 44.4 Å². The Balaban J connectivity index is 1.69. The molecule has 0 aliphatic carbocycles. The van der Waals surface area contributed by atoms with E-state index in [2.05, 4.69) is 22.0 Å². The number of fused-ring (bicyclic) bond motifs is 1. The third kappa shape index (κ3) is 3.21. The predicted molar refractivity (Wildman–Crippen MR) is 111 cm³/mol. The first-order valence-electron chi connectivity index (χ1n) is 8.42. The van der Waals surface area contributed by atoms with Crippen LogP contribution in [0.5, 0.6) is 5.75 Å². The van der Waals surface area contributed by atoms with Crippen molar-refractivity contribution < 1.29 is 9.53 Å². The molecule has 0 saturated carbocycles. The van der Waals surface area contributed by atoms with Gasteiger partial charge in [0.25, 0.3) is 5.91 Å². The van der Waals surface area contributed by atoms with Crippen molar-refractivity contribution in [3.63, 3.8) is 0 Å². The summed E-state index contributed by atoms with van der Waals surface area (Å²) in [6, 6.07) is 20.0. The number of halogens is 1. The maximum Gasteiger partial charge on any atom is 0.255 e. The maximum absolute atomic E-state index is 13.2. The summed E-state index contributed by atoms with van der Waals surface area (Å²) in [4.78, 5) is 15.2. The lowest BCUT2D eigenvalue weighted by Gasteiger charge is -2.26. The molecule has 1 unspecified atom stereocenters. The fourth-order valence-corrected chi connectivity index (χ4v) is 4.97. The van der Waals surface area contributed by atoms with Crippen LogP contribution in [-0.2, 0) is 0 Å². The molecule has 0 bridgehead atoms. The van der Waals surface area contributed by atoms with Crippen molar-refractivity contribution in [3.8, 4) is 5.75 Å². The van der Waals surface area contributed by atoms with Crippen molar-refractivity contribution in [2.45, 2.75) is 5.37 Å². The second-order valence-corrected chi connectivity index (χ2v) is 8.27. The van der Waals surface area contributed by atoms with E-state index in [1.54, 1.807) is 18.9 Å². The Morgan fingerprint density at radius 3 is 2.73 bits per heavy atom. The van der Waals surface area contributed by atoms with Crippen LogP contribution in [0, 0.1) is 0 Å². The maximum atomic E-state index is 13.2. The molecule has 1 amide bonds. The third-order valence-electron chi connectivity index (χ3n) is 4.61. The number of amides is 1. The quantitative estimate of drug-likeness (QED) is 0.552. The van der Waals surface area contributed by atoms with Gasteiger partial charge < -0.3 is 9.64 Å².